The van der Waals surface area contributed by atoms with Crippen molar-refractivity contribution in [2.45, 2.75) is 31.3 Å². The maximum absolute atomic E-state index is 11.5. The number of hydrogen-bond donors (Lipinski definition) is 0. The van der Waals surface area contributed by atoms with E-state index >= 15 is 0 Å². The van der Waals surface area contributed by atoms with Gasteiger partial charge in [0.15, 0.2) is 0 Å². The van der Waals surface area contributed by atoms with Gasteiger partial charge in [-0.15, -0.1) is 0 Å². The van der Waals surface area contributed by atoms with E-state index in [1.165, 1.54) is 0 Å². The van der Waals surface area contributed by atoms with Crippen molar-refractivity contribution in [1.29, 1.82) is 0 Å². The Balaban J connectivity index is 2.05. The van der Waals surface area contributed by atoms with Crippen molar-refractivity contribution in [2.24, 2.45) is 0 Å². The molecule has 1 fully saturated rings. The molecule has 0 saturated heterocycles. The lowest BCUT2D eigenvalue weighted by atomic mass is 9.88. The van der Waals surface area contributed by atoms with Crippen LogP contribution >= 0.6 is 0 Å². The molecule has 1 aliphatic heterocycles. The summed E-state index contributed by atoms with van der Waals surface area (Å²) >= 11 is 0. The Morgan fingerprint density at radius 1 is 1.06 bits per heavy atom. The van der Waals surface area contributed by atoms with Crippen molar-refractivity contribution in [2.75, 3.05) is 0 Å². The minimum absolute atomic E-state index is 0.180. The van der Waals surface area contributed by atoms with E-state index in [0.717, 1.165) is 36.8 Å². The average Bonchev–Trinajstić information content (AvgIpc) is 2.89. The van der Waals surface area contributed by atoms with Crippen LogP contribution in [-0.2, 0) is 9.53 Å². The highest BCUT2D eigenvalue weighted by Gasteiger charge is 2.45. The molecule has 1 heterocycles. The van der Waals surface area contributed by atoms with Crippen molar-refractivity contribution in [3.8, 4) is 0 Å². The van der Waals surface area contributed by atoms with Gasteiger partial charge in [0.25, 0.3) is 0 Å². The number of hydrogen-bond acceptors (Lipinski definition) is 2. The van der Waals surface area contributed by atoms with Gasteiger partial charge < -0.3 is 4.74 Å². The summed E-state index contributed by atoms with van der Waals surface area (Å²) in [7, 11) is 0. The summed E-state index contributed by atoms with van der Waals surface area (Å²) in [5, 5.41) is 0. The van der Waals surface area contributed by atoms with Crippen molar-refractivity contribution in [3.63, 3.8) is 0 Å². The summed E-state index contributed by atoms with van der Waals surface area (Å²) in [6.07, 6.45) is 5.91. The lowest BCUT2D eigenvalue weighted by Gasteiger charge is -2.26. The Morgan fingerprint density at radius 3 is 2.44 bits per heavy atom. The summed E-state index contributed by atoms with van der Waals surface area (Å²) in [5.41, 5.74) is 1.89. The second-order valence-corrected chi connectivity index (χ2v) is 4.55. The number of carbonyl (C=O) groups excluding carboxylic acids is 1. The Bertz CT molecular complexity index is 439. The Kier molecular flexibility index (Phi) is 2.10. The summed E-state index contributed by atoms with van der Waals surface area (Å²) < 4.78 is 5.55. The molecule has 0 atom stereocenters. The number of rotatable bonds is 1. The molecule has 0 aromatic heterocycles. The molecule has 3 rings (SSSR count). The normalized spacial score (nSPS) is 22.2. The molecular weight excluding hydrogens is 200 g/mol. The fourth-order valence-corrected chi connectivity index (χ4v) is 2.81. The summed E-state index contributed by atoms with van der Waals surface area (Å²) in [6, 6.07) is 10.1. The molecule has 1 aromatic carbocycles. The van der Waals surface area contributed by atoms with Crippen LogP contribution in [0.2, 0.25) is 0 Å². The van der Waals surface area contributed by atoms with Gasteiger partial charge in [0, 0.05) is 11.6 Å². The van der Waals surface area contributed by atoms with E-state index in [1.807, 2.05) is 30.3 Å². The lowest BCUT2D eigenvalue weighted by molar-refractivity contribution is -0.144. The van der Waals surface area contributed by atoms with Crippen molar-refractivity contribution < 1.29 is 9.53 Å². The Labute approximate surface area is 94.9 Å². The monoisotopic (exact) mass is 214 g/mol. The van der Waals surface area contributed by atoms with Crippen molar-refractivity contribution in [1.82, 2.24) is 0 Å². The molecule has 0 radical (unpaired) electrons. The zero-order chi connectivity index (χ0) is 11.0. The lowest BCUT2D eigenvalue weighted by Crippen LogP contribution is -2.27. The molecule has 1 aromatic rings. The molecule has 82 valence electrons. The third-order valence-corrected chi connectivity index (χ3v) is 3.55. The second kappa shape index (κ2) is 3.48. The van der Waals surface area contributed by atoms with Crippen LogP contribution in [0.4, 0.5) is 0 Å². The third kappa shape index (κ3) is 1.37. The second-order valence-electron chi connectivity index (χ2n) is 4.55. The zero-order valence-electron chi connectivity index (χ0n) is 9.11. The molecule has 0 amide bonds. The smallest absolute Gasteiger partial charge is 0.332 e. The maximum Gasteiger partial charge on any atom is 0.332 e. The third-order valence-electron chi connectivity index (χ3n) is 3.55. The van der Waals surface area contributed by atoms with Gasteiger partial charge in [0.05, 0.1) is 0 Å². The van der Waals surface area contributed by atoms with Crippen LogP contribution in [0.15, 0.2) is 36.4 Å². The standard InChI is InChI=1S/C14H14O2/c15-13-10-12(11-6-2-1-3-7-11)14(16-13)8-4-5-9-14/h1-3,6-7,10H,4-5,8-9H2. The zero-order valence-corrected chi connectivity index (χ0v) is 9.11. The molecule has 2 aliphatic rings. The van der Waals surface area contributed by atoms with Gasteiger partial charge in [-0.2, -0.15) is 0 Å². The number of carbonyl (C=O) groups is 1. The Morgan fingerprint density at radius 2 is 1.75 bits per heavy atom. The molecule has 1 saturated carbocycles. The summed E-state index contributed by atoms with van der Waals surface area (Å²) in [4.78, 5) is 11.5. The first-order valence-electron chi connectivity index (χ1n) is 5.81. The highest BCUT2D eigenvalue weighted by molar-refractivity contribution is 5.98. The van der Waals surface area contributed by atoms with Crippen LogP contribution in [0.5, 0.6) is 0 Å². The van der Waals surface area contributed by atoms with Crippen molar-refractivity contribution in [3.05, 3.63) is 42.0 Å². The minimum atomic E-state index is -0.307. The van der Waals surface area contributed by atoms with Gasteiger partial charge in [-0.25, -0.2) is 4.79 Å². The van der Waals surface area contributed by atoms with E-state index in [9.17, 15) is 4.79 Å². The molecule has 1 spiro atoms. The van der Waals surface area contributed by atoms with Crippen LogP contribution in [0.1, 0.15) is 31.2 Å². The van der Waals surface area contributed by atoms with Crippen molar-refractivity contribution >= 4 is 11.5 Å². The van der Waals surface area contributed by atoms with Gasteiger partial charge in [-0.1, -0.05) is 30.3 Å². The Hall–Kier alpha value is -1.57. The summed E-state index contributed by atoms with van der Waals surface area (Å²) in [6.45, 7) is 0. The molecular formula is C14H14O2. The molecule has 2 heteroatoms. The first-order chi connectivity index (χ1) is 7.80. The van der Waals surface area contributed by atoms with Crippen LogP contribution in [0, 0.1) is 0 Å². The largest absolute Gasteiger partial charge is 0.451 e. The topological polar surface area (TPSA) is 26.3 Å². The number of ether oxygens (including phenoxy) is 1. The summed E-state index contributed by atoms with van der Waals surface area (Å²) in [5.74, 6) is -0.180. The van der Waals surface area contributed by atoms with Crippen LogP contribution in [-0.4, -0.2) is 11.6 Å². The molecule has 0 N–H and O–H groups in total. The molecule has 0 bridgehead atoms. The van der Waals surface area contributed by atoms with Crippen LogP contribution < -0.4 is 0 Å². The average molecular weight is 214 g/mol. The predicted octanol–water partition coefficient (Wildman–Crippen LogP) is 2.94. The minimum Gasteiger partial charge on any atom is -0.451 e. The quantitative estimate of drug-likeness (QED) is 0.672. The fraction of sp³-hybridized carbons (Fsp3) is 0.357. The molecule has 0 unspecified atom stereocenters. The number of esters is 1. The molecule has 16 heavy (non-hydrogen) atoms. The van der Waals surface area contributed by atoms with E-state index in [1.54, 1.807) is 6.08 Å². The van der Waals surface area contributed by atoms with Gasteiger partial charge >= 0.3 is 5.97 Å². The van der Waals surface area contributed by atoms with Gasteiger partial charge in [0.1, 0.15) is 5.60 Å². The van der Waals surface area contributed by atoms with Gasteiger partial charge in [-0.05, 0) is 31.2 Å². The van der Waals surface area contributed by atoms with E-state index < -0.39 is 0 Å². The number of benzene rings is 1. The maximum atomic E-state index is 11.5. The van der Waals surface area contributed by atoms with Crippen LogP contribution in [0.25, 0.3) is 5.57 Å². The van der Waals surface area contributed by atoms with E-state index in [2.05, 4.69) is 0 Å². The first-order valence-corrected chi connectivity index (χ1v) is 5.81. The van der Waals surface area contributed by atoms with Gasteiger partial charge in [-0.3, -0.25) is 0 Å². The highest BCUT2D eigenvalue weighted by Crippen LogP contribution is 2.46. The van der Waals surface area contributed by atoms with Crippen LogP contribution in [0.3, 0.4) is 0 Å². The van der Waals surface area contributed by atoms with E-state index in [0.29, 0.717) is 0 Å². The molecule has 2 nitrogen and oxygen atoms in total. The first kappa shape index (κ1) is 9.64. The SMILES string of the molecule is O=C1C=C(c2ccccc2)C2(CCCC2)O1. The highest BCUT2D eigenvalue weighted by atomic mass is 16.6. The van der Waals surface area contributed by atoms with Gasteiger partial charge in [0.2, 0.25) is 0 Å². The van der Waals surface area contributed by atoms with E-state index in [-0.39, 0.29) is 11.6 Å². The van der Waals surface area contributed by atoms with E-state index in [4.69, 9.17) is 4.74 Å². The molecule has 1 aliphatic carbocycles. The predicted molar refractivity (Wildman–Crippen MR) is 61.7 cm³/mol. The fourth-order valence-electron chi connectivity index (χ4n) is 2.81.